The Labute approximate surface area is 207 Å². The van der Waals surface area contributed by atoms with Gasteiger partial charge in [0.2, 0.25) is 5.91 Å². The number of carbonyl (C=O) groups is 4. The second-order valence-corrected chi connectivity index (χ2v) is 9.39. The number of thiazole rings is 1. The SMILES string of the molecule is O=C(O)CCCCN1CCN(C(=O)CNC(=O)c2nc(-c3ccccc3)c(CCC(=O)O)s2)CC1. The predicted octanol–water partition coefficient (Wildman–Crippen LogP) is 1.96. The standard InChI is InChI=1S/C24H30N4O6S/c29-19(28-14-12-27(13-15-28)11-5-4-8-20(30)31)16-25-23(34)24-26-22(17-6-2-1-3-7-17)18(35-24)9-10-21(32)33/h1-3,6-7H,4-5,8-16H2,(H,25,34)(H,30,31)(H,32,33). The van der Waals surface area contributed by atoms with Crippen molar-refractivity contribution in [1.29, 1.82) is 0 Å². The number of rotatable bonds is 12. The Bertz CT molecular complexity index is 1030. The first-order valence-corrected chi connectivity index (χ1v) is 12.4. The van der Waals surface area contributed by atoms with Crippen LogP contribution in [0.15, 0.2) is 30.3 Å². The summed E-state index contributed by atoms with van der Waals surface area (Å²) >= 11 is 1.15. The summed E-state index contributed by atoms with van der Waals surface area (Å²) in [5.41, 5.74) is 1.40. The second-order valence-electron chi connectivity index (χ2n) is 8.31. The Morgan fingerprint density at radius 3 is 2.29 bits per heavy atom. The average molecular weight is 503 g/mol. The number of benzene rings is 1. The number of piperazine rings is 1. The van der Waals surface area contributed by atoms with Crippen molar-refractivity contribution in [2.24, 2.45) is 0 Å². The molecule has 1 aromatic heterocycles. The molecule has 0 aliphatic carbocycles. The van der Waals surface area contributed by atoms with Crippen LogP contribution in [0.2, 0.25) is 0 Å². The fourth-order valence-corrected chi connectivity index (χ4v) is 4.84. The molecule has 3 rings (SSSR count). The third-order valence-electron chi connectivity index (χ3n) is 5.74. The highest BCUT2D eigenvalue weighted by molar-refractivity contribution is 7.14. The van der Waals surface area contributed by atoms with Crippen molar-refractivity contribution in [3.05, 3.63) is 40.2 Å². The van der Waals surface area contributed by atoms with Gasteiger partial charge in [-0.3, -0.25) is 24.1 Å². The van der Waals surface area contributed by atoms with Gasteiger partial charge in [-0.25, -0.2) is 4.98 Å². The third-order valence-corrected chi connectivity index (χ3v) is 6.86. The Balaban J connectivity index is 1.50. The summed E-state index contributed by atoms with van der Waals surface area (Å²) in [5.74, 6) is -2.34. The van der Waals surface area contributed by atoms with Crippen molar-refractivity contribution in [2.75, 3.05) is 39.3 Å². The number of nitrogens with zero attached hydrogens (tertiary/aromatic N) is 3. The van der Waals surface area contributed by atoms with E-state index in [0.717, 1.165) is 34.7 Å². The topological polar surface area (TPSA) is 140 Å². The predicted molar refractivity (Wildman–Crippen MR) is 130 cm³/mol. The maximum absolute atomic E-state index is 12.7. The molecular formula is C24H30N4O6S. The molecule has 0 saturated carbocycles. The number of nitrogens with one attached hydrogen (secondary N) is 1. The Hall–Kier alpha value is -3.31. The first kappa shape index (κ1) is 26.3. The van der Waals surface area contributed by atoms with Crippen LogP contribution < -0.4 is 5.32 Å². The summed E-state index contributed by atoms with van der Waals surface area (Å²) in [4.78, 5) is 56.0. The van der Waals surface area contributed by atoms with Crippen LogP contribution in [0.5, 0.6) is 0 Å². The summed E-state index contributed by atoms with van der Waals surface area (Å²) in [5, 5.41) is 20.6. The molecule has 2 amide bonds. The molecule has 35 heavy (non-hydrogen) atoms. The number of aromatic nitrogens is 1. The molecule has 10 nitrogen and oxygen atoms in total. The first-order valence-electron chi connectivity index (χ1n) is 11.6. The van der Waals surface area contributed by atoms with Crippen molar-refractivity contribution in [1.82, 2.24) is 20.1 Å². The number of carboxylic acids is 2. The van der Waals surface area contributed by atoms with Gasteiger partial charge in [0.15, 0.2) is 5.01 Å². The zero-order chi connectivity index (χ0) is 25.2. The summed E-state index contributed by atoms with van der Waals surface area (Å²) in [7, 11) is 0. The van der Waals surface area contributed by atoms with Crippen molar-refractivity contribution >= 4 is 35.1 Å². The highest BCUT2D eigenvalue weighted by Gasteiger charge is 2.23. The molecule has 3 N–H and O–H groups in total. The molecule has 1 saturated heterocycles. The molecular weight excluding hydrogens is 472 g/mol. The van der Waals surface area contributed by atoms with Gasteiger partial charge in [-0.15, -0.1) is 11.3 Å². The molecule has 1 aromatic carbocycles. The van der Waals surface area contributed by atoms with Gasteiger partial charge in [-0.2, -0.15) is 0 Å². The first-order chi connectivity index (χ1) is 16.8. The number of hydrogen-bond donors (Lipinski definition) is 3. The van der Waals surface area contributed by atoms with Crippen molar-refractivity contribution in [3.63, 3.8) is 0 Å². The van der Waals surface area contributed by atoms with E-state index >= 15 is 0 Å². The lowest BCUT2D eigenvalue weighted by molar-refractivity contribution is -0.138. The number of carboxylic acid groups (broad SMARTS) is 2. The van der Waals surface area contributed by atoms with E-state index in [1.165, 1.54) is 0 Å². The molecule has 1 aliphatic rings. The lowest BCUT2D eigenvalue weighted by Gasteiger charge is -2.34. The number of amides is 2. The minimum atomic E-state index is -0.922. The number of aliphatic carboxylic acids is 2. The van der Waals surface area contributed by atoms with Gasteiger partial charge in [0.1, 0.15) is 0 Å². The van der Waals surface area contributed by atoms with Crippen LogP contribution in [0.4, 0.5) is 0 Å². The lowest BCUT2D eigenvalue weighted by atomic mass is 10.1. The zero-order valence-corrected chi connectivity index (χ0v) is 20.3. The number of unbranched alkanes of at least 4 members (excludes halogenated alkanes) is 1. The van der Waals surface area contributed by atoms with E-state index in [1.54, 1.807) is 4.90 Å². The fraction of sp³-hybridized carbons (Fsp3) is 0.458. The summed E-state index contributed by atoms with van der Waals surface area (Å²) < 4.78 is 0. The molecule has 2 heterocycles. The summed E-state index contributed by atoms with van der Waals surface area (Å²) in [6, 6.07) is 9.28. The van der Waals surface area contributed by atoms with Crippen LogP contribution >= 0.6 is 11.3 Å². The Kier molecular flexibility index (Phi) is 9.74. The van der Waals surface area contributed by atoms with Gasteiger partial charge in [-0.1, -0.05) is 30.3 Å². The highest BCUT2D eigenvalue weighted by atomic mass is 32.1. The Morgan fingerprint density at radius 1 is 0.943 bits per heavy atom. The van der Waals surface area contributed by atoms with E-state index in [9.17, 15) is 19.2 Å². The third kappa shape index (κ3) is 8.15. The molecule has 0 atom stereocenters. The minimum absolute atomic E-state index is 0.0624. The van der Waals surface area contributed by atoms with Crippen LogP contribution in [-0.2, 0) is 20.8 Å². The smallest absolute Gasteiger partial charge is 0.303 e. The van der Waals surface area contributed by atoms with E-state index in [0.29, 0.717) is 38.3 Å². The molecule has 0 spiro atoms. The van der Waals surface area contributed by atoms with Crippen molar-refractivity contribution in [3.8, 4) is 11.3 Å². The number of aryl methyl sites for hydroxylation is 1. The molecule has 0 bridgehead atoms. The second kappa shape index (κ2) is 13.0. The van der Waals surface area contributed by atoms with Crippen LogP contribution in [0.3, 0.4) is 0 Å². The zero-order valence-electron chi connectivity index (χ0n) is 19.4. The van der Waals surface area contributed by atoms with Crippen LogP contribution in [-0.4, -0.2) is 88.0 Å². The quantitative estimate of drug-likeness (QED) is 0.374. The molecule has 0 radical (unpaired) electrons. The molecule has 2 aromatic rings. The maximum Gasteiger partial charge on any atom is 0.303 e. The van der Waals surface area contributed by atoms with Gasteiger partial charge >= 0.3 is 11.9 Å². The maximum atomic E-state index is 12.7. The van der Waals surface area contributed by atoms with Crippen LogP contribution in [0.1, 0.15) is 40.4 Å². The largest absolute Gasteiger partial charge is 0.481 e. The Morgan fingerprint density at radius 2 is 1.63 bits per heavy atom. The average Bonchev–Trinajstić information content (AvgIpc) is 3.29. The van der Waals surface area contributed by atoms with Gasteiger partial charge < -0.3 is 20.4 Å². The van der Waals surface area contributed by atoms with Gasteiger partial charge in [0, 0.05) is 43.0 Å². The fourth-order valence-electron chi connectivity index (χ4n) is 3.84. The summed E-state index contributed by atoms with van der Waals surface area (Å²) in [6.07, 6.45) is 1.83. The molecule has 1 fully saturated rings. The summed E-state index contributed by atoms with van der Waals surface area (Å²) in [6.45, 7) is 3.22. The molecule has 188 valence electrons. The minimum Gasteiger partial charge on any atom is -0.481 e. The molecule has 0 unspecified atom stereocenters. The van der Waals surface area contributed by atoms with E-state index in [-0.39, 0.29) is 36.7 Å². The monoisotopic (exact) mass is 502 g/mol. The normalized spacial score (nSPS) is 14.0. The van der Waals surface area contributed by atoms with Crippen molar-refractivity contribution < 1.29 is 29.4 Å². The molecule has 1 aliphatic heterocycles. The number of carbonyl (C=O) groups excluding carboxylic acids is 2. The van der Waals surface area contributed by atoms with E-state index < -0.39 is 17.8 Å². The van der Waals surface area contributed by atoms with E-state index in [1.807, 2.05) is 30.3 Å². The highest BCUT2D eigenvalue weighted by Crippen LogP contribution is 2.29. The van der Waals surface area contributed by atoms with E-state index in [4.69, 9.17) is 10.2 Å². The van der Waals surface area contributed by atoms with Crippen LogP contribution in [0.25, 0.3) is 11.3 Å². The van der Waals surface area contributed by atoms with Crippen molar-refractivity contribution in [2.45, 2.75) is 32.1 Å². The van der Waals surface area contributed by atoms with Gasteiger partial charge in [0.25, 0.3) is 5.91 Å². The van der Waals surface area contributed by atoms with Gasteiger partial charge in [-0.05, 0) is 25.8 Å². The molecule has 11 heteroatoms. The number of hydrogen-bond acceptors (Lipinski definition) is 7. The van der Waals surface area contributed by atoms with E-state index in [2.05, 4.69) is 15.2 Å². The van der Waals surface area contributed by atoms with Crippen LogP contribution in [0, 0.1) is 0 Å². The lowest BCUT2D eigenvalue weighted by Crippen LogP contribution is -2.51. The van der Waals surface area contributed by atoms with Gasteiger partial charge in [0.05, 0.1) is 18.7 Å².